The molecule has 2 heteroatoms. The highest BCUT2D eigenvalue weighted by molar-refractivity contribution is 6.31. The topological polar surface area (TPSA) is 17.1 Å². The lowest BCUT2D eigenvalue weighted by Gasteiger charge is -2.14. The minimum absolute atomic E-state index is 0.0630. The molecule has 0 amide bonds. The molecule has 0 unspecified atom stereocenters. The molecule has 0 aliphatic heterocycles. The molecule has 0 atom stereocenters. The van der Waals surface area contributed by atoms with Crippen LogP contribution in [-0.2, 0) is 0 Å². The van der Waals surface area contributed by atoms with E-state index < -0.39 is 0 Å². The van der Waals surface area contributed by atoms with Crippen molar-refractivity contribution >= 4 is 17.4 Å². The van der Waals surface area contributed by atoms with Crippen LogP contribution in [0.15, 0.2) is 18.2 Å². The molecule has 0 saturated heterocycles. The molecule has 0 radical (unpaired) electrons. The highest BCUT2D eigenvalue weighted by atomic mass is 35.5. The monoisotopic (exact) mass is 224 g/mol. The zero-order chi connectivity index (χ0) is 11.4. The minimum atomic E-state index is 0.0630. The summed E-state index contributed by atoms with van der Waals surface area (Å²) in [6, 6.07) is 5.62. The molecule has 1 aromatic carbocycles. The van der Waals surface area contributed by atoms with E-state index in [0.29, 0.717) is 11.5 Å². The van der Waals surface area contributed by atoms with E-state index in [1.54, 1.807) is 13.0 Å². The van der Waals surface area contributed by atoms with Crippen molar-refractivity contribution in [2.45, 2.75) is 39.5 Å². The van der Waals surface area contributed by atoms with Gasteiger partial charge >= 0.3 is 0 Å². The van der Waals surface area contributed by atoms with Crippen molar-refractivity contribution in [3.05, 3.63) is 34.3 Å². The second-order valence-corrected chi connectivity index (χ2v) is 4.21. The average molecular weight is 225 g/mol. The summed E-state index contributed by atoms with van der Waals surface area (Å²) in [6.45, 7) is 5.87. The van der Waals surface area contributed by atoms with Gasteiger partial charge in [0.1, 0.15) is 0 Å². The Morgan fingerprint density at radius 1 is 1.33 bits per heavy atom. The summed E-state index contributed by atoms with van der Waals surface area (Å²) in [7, 11) is 0. The Balaban J connectivity index is 3.07. The van der Waals surface area contributed by atoms with Gasteiger partial charge < -0.3 is 0 Å². The molecule has 0 aliphatic carbocycles. The Labute approximate surface area is 96.5 Å². The van der Waals surface area contributed by atoms with Gasteiger partial charge in [0.05, 0.1) is 0 Å². The molecule has 1 nitrogen and oxygen atoms in total. The molecule has 82 valence electrons. The van der Waals surface area contributed by atoms with Gasteiger partial charge in [0.25, 0.3) is 0 Å². The number of halogens is 1. The maximum absolute atomic E-state index is 11.2. The van der Waals surface area contributed by atoms with Gasteiger partial charge in [-0.2, -0.15) is 0 Å². The third-order valence-electron chi connectivity index (χ3n) is 2.83. The van der Waals surface area contributed by atoms with E-state index >= 15 is 0 Å². The summed E-state index contributed by atoms with van der Waals surface area (Å²) in [4.78, 5) is 11.2. The van der Waals surface area contributed by atoms with Gasteiger partial charge in [-0.05, 0) is 37.3 Å². The summed E-state index contributed by atoms with van der Waals surface area (Å²) in [5.74, 6) is 0.562. The molecule has 0 fully saturated rings. The summed E-state index contributed by atoms with van der Waals surface area (Å²) >= 11 is 6.17. The van der Waals surface area contributed by atoms with Crippen LogP contribution in [0, 0.1) is 0 Å². The molecule has 1 rings (SSSR count). The zero-order valence-electron chi connectivity index (χ0n) is 9.51. The minimum Gasteiger partial charge on any atom is -0.295 e. The first kappa shape index (κ1) is 12.3. The summed E-state index contributed by atoms with van der Waals surface area (Å²) < 4.78 is 0. The van der Waals surface area contributed by atoms with Crippen LogP contribution in [0.3, 0.4) is 0 Å². The summed E-state index contributed by atoms with van der Waals surface area (Å²) in [6.07, 6.45) is 2.16. The van der Waals surface area contributed by atoms with Gasteiger partial charge in [-0.3, -0.25) is 4.79 Å². The van der Waals surface area contributed by atoms with Crippen molar-refractivity contribution < 1.29 is 4.79 Å². The van der Waals surface area contributed by atoms with Gasteiger partial charge in [-0.1, -0.05) is 37.6 Å². The highest BCUT2D eigenvalue weighted by Gasteiger charge is 2.12. The van der Waals surface area contributed by atoms with Crippen LogP contribution in [0.5, 0.6) is 0 Å². The first-order valence-corrected chi connectivity index (χ1v) is 5.78. The van der Waals surface area contributed by atoms with E-state index in [9.17, 15) is 4.79 Å². The van der Waals surface area contributed by atoms with Crippen molar-refractivity contribution in [1.82, 2.24) is 0 Å². The molecule has 1 aromatic rings. The molecule has 0 aromatic heterocycles. The maximum Gasteiger partial charge on any atom is 0.159 e. The second kappa shape index (κ2) is 5.32. The molecule has 0 bridgehead atoms. The van der Waals surface area contributed by atoms with Crippen molar-refractivity contribution in [1.29, 1.82) is 0 Å². The number of hydrogen-bond acceptors (Lipinski definition) is 1. The van der Waals surface area contributed by atoms with E-state index in [1.165, 1.54) is 0 Å². The van der Waals surface area contributed by atoms with E-state index in [1.807, 2.05) is 12.1 Å². The third-order valence-corrected chi connectivity index (χ3v) is 3.16. The Hall–Kier alpha value is -0.820. The molecule has 0 heterocycles. The van der Waals surface area contributed by atoms with Gasteiger partial charge in [0.15, 0.2) is 5.78 Å². The van der Waals surface area contributed by atoms with Crippen molar-refractivity contribution in [3.8, 4) is 0 Å². The molecule has 0 N–H and O–H groups in total. The zero-order valence-corrected chi connectivity index (χ0v) is 10.3. The van der Waals surface area contributed by atoms with Crippen LogP contribution in [0.25, 0.3) is 0 Å². The second-order valence-electron chi connectivity index (χ2n) is 3.81. The largest absolute Gasteiger partial charge is 0.295 e. The number of carbonyl (C=O) groups excluding carboxylic acids is 1. The number of carbonyl (C=O) groups is 1. The van der Waals surface area contributed by atoms with E-state index in [4.69, 9.17) is 11.6 Å². The highest BCUT2D eigenvalue weighted by Crippen LogP contribution is 2.30. The van der Waals surface area contributed by atoms with Crippen molar-refractivity contribution in [2.75, 3.05) is 0 Å². The molecule has 15 heavy (non-hydrogen) atoms. The van der Waals surface area contributed by atoms with Gasteiger partial charge in [-0.15, -0.1) is 0 Å². The molecular formula is C13H17ClO. The molecule has 0 spiro atoms. The van der Waals surface area contributed by atoms with E-state index in [0.717, 1.165) is 23.4 Å². The fraction of sp³-hybridized carbons (Fsp3) is 0.462. The quantitative estimate of drug-likeness (QED) is 0.691. The number of ketones is 1. The lowest BCUT2D eigenvalue weighted by atomic mass is 9.93. The lowest BCUT2D eigenvalue weighted by Crippen LogP contribution is -1.99. The fourth-order valence-electron chi connectivity index (χ4n) is 1.81. The van der Waals surface area contributed by atoms with Crippen LogP contribution < -0.4 is 0 Å². The fourth-order valence-corrected chi connectivity index (χ4v) is 2.14. The van der Waals surface area contributed by atoms with Crippen LogP contribution in [0.1, 0.15) is 55.5 Å². The third kappa shape index (κ3) is 2.82. The lowest BCUT2D eigenvalue weighted by molar-refractivity contribution is 0.101. The molecule has 0 saturated carbocycles. The smallest absolute Gasteiger partial charge is 0.159 e. The maximum atomic E-state index is 11.2. The van der Waals surface area contributed by atoms with Crippen molar-refractivity contribution in [2.24, 2.45) is 0 Å². The van der Waals surface area contributed by atoms with Crippen LogP contribution in [0.4, 0.5) is 0 Å². The Morgan fingerprint density at radius 2 is 1.93 bits per heavy atom. The number of rotatable bonds is 4. The SMILES string of the molecule is CCC(CC)c1ccc(C(C)=O)cc1Cl. The predicted octanol–water partition coefficient (Wildman–Crippen LogP) is 4.45. The first-order chi connectivity index (χ1) is 7.10. The molecular weight excluding hydrogens is 208 g/mol. The van der Waals surface area contributed by atoms with Crippen LogP contribution >= 0.6 is 11.6 Å². The summed E-state index contributed by atoms with van der Waals surface area (Å²) in [5.41, 5.74) is 1.85. The standard InChI is InChI=1S/C13H17ClO/c1-4-10(5-2)12-7-6-11(9(3)15)8-13(12)14/h6-8,10H,4-5H2,1-3H3. The average Bonchev–Trinajstić information content (AvgIpc) is 2.21. The van der Waals surface area contributed by atoms with Crippen molar-refractivity contribution in [3.63, 3.8) is 0 Å². The Bertz CT molecular complexity index is 354. The summed E-state index contributed by atoms with van der Waals surface area (Å²) in [5, 5.41) is 0.719. The van der Waals surface area contributed by atoms with Gasteiger partial charge in [-0.25, -0.2) is 0 Å². The molecule has 0 aliphatic rings. The van der Waals surface area contributed by atoms with E-state index in [2.05, 4.69) is 13.8 Å². The Kier molecular flexibility index (Phi) is 4.34. The Morgan fingerprint density at radius 3 is 2.33 bits per heavy atom. The van der Waals surface area contributed by atoms with Gasteiger partial charge in [0, 0.05) is 10.6 Å². The number of Topliss-reactive ketones (excluding diaryl/α,β-unsaturated/α-hetero) is 1. The normalized spacial score (nSPS) is 10.7. The predicted molar refractivity (Wildman–Crippen MR) is 64.8 cm³/mol. The number of benzene rings is 1. The van der Waals surface area contributed by atoms with E-state index in [-0.39, 0.29) is 5.78 Å². The van der Waals surface area contributed by atoms with Crippen LogP contribution in [-0.4, -0.2) is 5.78 Å². The first-order valence-electron chi connectivity index (χ1n) is 5.40. The van der Waals surface area contributed by atoms with Crippen LogP contribution in [0.2, 0.25) is 5.02 Å². The van der Waals surface area contributed by atoms with Gasteiger partial charge in [0.2, 0.25) is 0 Å². The number of hydrogen-bond donors (Lipinski definition) is 0.